The monoisotopic (exact) mass is 376 g/mol. The Morgan fingerprint density at radius 3 is 2.74 bits per heavy atom. The molecule has 4 heteroatoms. The van der Waals surface area contributed by atoms with E-state index in [9.17, 15) is 9.90 Å². The van der Waals surface area contributed by atoms with E-state index in [1.54, 1.807) is 5.57 Å². The highest BCUT2D eigenvalue weighted by Crippen LogP contribution is 2.63. The fourth-order valence-corrected chi connectivity index (χ4v) is 6.04. The third kappa shape index (κ3) is 3.63. The summed E-state index contributed by atoms with van der Waals surface area (Å²) in [6.45, 7) is 8.46. The lowest BCUT2D eigenvalue weighted by Gasteiger charge is -2.58. The van der Waals surface area contributed by atoms with E-state index in [4.69, 9.17) is 9.84 Å². The number of hydrogen-bond acceptors (Lipinski definition) is 4. The maximum absolute atomic E-state index is 13.0. The van der Waals surface area contributed by atoms with Crippen molar-refractivity contribution in [2.75, 3.05) is 13.2 Å². The van der Waals surface area contributed by atoms with E-state index in [1.807, 2.05) is 0 Å². The van der Waals surface area contributed by atoms with Gasteiger partial charge in [0.2, 0.25) is 0 Å². The van der Waals surface area contributed by atoms with Crippen LogP contribution in [-0.4, -0.2) is 35.5 Å². The van der Waals surface area contributed by atoms with Gasteiger partial charge in [-0.1, -0.05) is 44.9 Å². The Morgan fingerprint density at radius 1 is 1.33 bits per heavy atom. The molecule has 0 heterocycles. The molecule has 3 aliphatic carbocycles. The largest absolute Gasteiger partial charge is 0.462 e. The van der Waals surface area contributed by atoms with Crippen LogP contribution in [0.2, 0.25) is 0 Å². The molecule has 0 aromatic carbocycles. The van der Waals surface area contributed by atoms with Crippen LogP contribution in [0.4, 0.5) is 0 Å². The zero-order valence-corrected chi connectivity index (χ0v) is 17.3. The van der Waals surface area contributed by atoms with Crippen LogP contribution in [0.3, 0.4) is 0 Å². The zero-order chi connectivity index (χ0) is 19.8. The normalized spacial score (nSPS) is 37.0. The quantitative estimate of drug-likeness (QED) is 0.711. The minimum Gasteiger partial charge on any atom is -0.462 e. The lowest BCUT2D eigenvalue weighted by Crippen LogP contribution is -2.54. The van der Waals surface area contributed by atoms with Gasteiger partial charge in [-0.2, -0.15) is 0 Å². The van der Waals surface area contributed by atoms with Gasteiger partial charge in [0.05, 0.1) is 12.0 Å². The summed E-state index contributed by atoms with van der Waals surface area (Å²) < 4.78 is 5.44. The Kier molecular flexibility index (Phi) is 5.88. The standard InChI is InChI=1S/C23H36O4/c1-15(2)16-6-8-19-17(12-16)7-9-20-22(19,3)10-5-11-23(20,4)21(26)27-14-18(25)13-24/h6,12,15,18-20,24-25H,5,7-11,13-14H2,1-4H3/t18?,19-,20+,22+,23+/m0/s1. The first-order chi connectivity index (χ1) is 12.7. The number of hydrogen-bond donors (Lipinski definition) is 2. The first-order valence-corrected chi connectivity index (χ1v) is 10.6. The zero-order valence-electron chi connectivity index (χ0n) is 17.3. The second-order valence-corrected chi connectivity index (χ2v) is 9.67. The maximum atomic E-state index is 13.0. The molecule has 2 fully saturated rings. The molecule has 0 spiro atoms. The molecule has 0 bridgehead atoms. The third-order valence-corrected chi connectivity index (χ3v) is 7.63. The van der Waals surface area contributed by atoms with Crippen molar-refractivity contribution in [1.29, 1.82) is 0 Å². The van der Waals surface area contributed by atoms with Gasteiger partial charge in [0.25, 0.3) is 0 Å². The molecule has 0 aromatic rings. The molecule has 152 valence electrons. The van der Waals surface area contributed by atoms with Crippen LogP contribution in [0.1, 0.15) is 66.2 Å². The summed E-state index contributed by atoms with van der Waals surface area (Å²) in [7, 11) is 0. The minimum absolute atomic E-state index is 0.116. The Hall–Kier alpha value is -1.13. The number of ether oxygens (including phenoxy) is 1. The van der Waals surface area contributed by atoms with Crippen molar-refractivity contribution in [1.82, 2.24) is 0 Å². The van der Waals surface area contributed by atoms with E-state index in [-0.39, 0.29) is 24.6 Å². The Balaban J connectivity index is 1.82. The third-order valence-electron chi connectivity index (χ3n) is 7.63. The summed E-state index contributed by atoms with van der Waals surface area (Å²) in [5.41, 5.74) is 2.65. The van der Waals surface area contributed by atoms with Crippen molar-refractivity contribution < 1.29 is 19.7 Å². The van der Waals surface area contributed by atoms with Crippen molar-refractivity contribution >= 4 is 5.97 Å². The average Bonchev–Trinajstić information content (AvgIpc) is 2.65. The van der Waals surface area contributed by atoms with Crippen molar-refractivity contribution in [2.24, 2.45) is 28.6 Å². The van der Waals surface area contributed by atoms with Crippen molar-refractivity contribution in [3.8, 4) is 0 Å². The Labute approximate surface area is 163 Å². The molecule has 2 saturated carbocycles. The second-order valence-electron chi connectivity index (χ2n) is 9.67. The molecule has 27 heavy (non-hydrogen) atoms. The summed E-state index contributed by atoms with van der Waals surface area (Å²) in [6.07, 6.45) is 10.1. The van der Waals surface area contributed by atoms with Crippen molar-refractivity contribution in [3.63, 3.8) is 0 Å². The summed E-state index contributed by atoms with van der Waals surface area (Å²) >= 11 is 0. The number of carbonyl (C=O) groups is 1. The van der Waals surface area contributed by atoms with E-state index in [2.05, 4.69) is 39.8 Å². The number of esters is 1. The molecular weight excluding hydrogens is 340 g/mol. The summed E-state index contributed by atoms with van der Waals surface area (Å²) in [4.78, 5) is 13.0. The number of fused-ring (bicyclic) bond motifs is 3. The highest BCUT2D eigenvalue weighted by atomic mass is 16.5. The fraction of sp³-hybridized carbons (Fsp3) is 0.783. The molecule has 5 atom stereocenters. The smallest absolute Gasteiger partial charge is 0.312 e. The Morgan fingerprint density at radius 2 is 2.07 bits per heavy atom. The van der Waals surface area contributed by atoms with Gasteiger partial charge in [-0.05, 0) is 67.8 Å². The van der Waals surface area contributed by atoms with E-state index in [0.717, 1.165) is 38.5 Å². The van der Waals surface area contributed by atoms with Gasteiger partial charge in [0, 0.05) is 0 Å². The summed E-state index contributed by atoms with van der Waals surface area (Å²) in [5, 5.41) is 18.5. The lowest BCUT2D eigenvalue weighted by atomic mass is 9.46. The predicted molar refractivity (Wildman–Crippen MR) is 106 cm³/mol. The molecule has 1 unspecified atom stereocenters. The van der Waals surface area contributed by atoms with Gasteiger partial charge >= 0.3 is 5.97 Å². The van der Waals surface area contributed by atoms with Gasteiger partial charge in [-0.15, -0.1) is 0 Å². The van der Waals surface area contributed by atoms with Gasteiger partial charge in [-0.25, -0.2) is 0 Å². The molecule has 0 amide bonds. The van der Waals surface area contributed by atoms with Crippen LogP contribution in [0.5, 0.6) is 0 Å². The maximum Gasteiger partial charge on any atom is 0.312 e. The Bertz CT molecular complexity index is 634. The lowest BCUT2D eigenvalue weighted by molar-refractivity contribution is -0.174. The van der Waals surface area contributed by atoms with Crippen molar-refractivity contribution in [3.05, 3.63) is 23.3 Å². The van der Waals surface area contributed by atoms with Gasteiger partial charge in [0.1, 0.15) is 12.7 Å². The van der Waals surface area contributed by atoms with E-state index in [1.165, 1.54) is 5.57 Å². The topological polar surface area (TPSA) is 66.8 Å². The molecule has 0 saturated heterocycles. The molecule has 3 aliphatic rings. The highest BCUT2D eigenvalue weighted by Gasteiger charge is 2.58. The molecule has 0 aromatic heterocycles. The van der Waals surface area contributed by atoms with E-state index < -0.39 is 11.5 Å². The summed E-state index contributed by atoms with van der Waals surface area (Å²) in [5.74, 6) is 1.18. The van der Waals surface area contributed by atoms with E-state index >= 15 is 0 Å². The first-order valence-electron chi connectivity index (χ1n) is 10.6. The highest BCUT2D eigenvalue weighted by molar-refractivity contribution is 5.77. The number of aliphatic hydroxyl groups is 2. The average molecular weight is 377 g/mol. The van der Waals surface area contributed by atoms with Crippen LogP contribution in [-0.2, 0) is 9.53 Å². The molecule has 0 aliphatic heterocycles. The molecular formula is C23H36O4. The number of rotatable bonds is 5. The van der Waals surface area contributed by atoms with Gasteiger partial charge < -0.3 is 14.9 Å². The molecule has 4 nitrogen and oxygen atoms in total. The number of allylic oxidation sites excluding steroid dienone is 4. The van der Waals surface area contributed by atoms with Crippen LogP contribution in [0.25, 0.3) is 0 Å². The van der Waals surface area contributed by atoms with Crippen LogP contribution >= 0.6 is 0 Å². The van der Waals surface area contributed by atoms with E-state index in [0.29, 0.717) is 17.8 Å². The molecule has 3 rings (SSSR count). The second kappa shape index (κ2) is 7.71. The van der Waals surface area contributed by atoms with Gasteiger partial charge in [0.15, 0.2) is 0 Å². The van der Waals surface area contributed by atoms with Crippen LogP contribution in [0.15, 0.2) is 23.3 Å². The first kappa shape index (κ1) is 20.6. The number of carbonyl (C=O) groups excluding carboxylic acids is 1. The minimum atomic E-state index is -0.994. The predicted octanol–water partition coefficient (Wildman–Crippen LogP) is 4.02. The SMILES string of the molecule is CC(C)C1=CC[C@H]2C(=C1)CC[C@@H]1[C@]2(C)CCC[C@@]1(C)C(=O)OCC(O)CO. The molecule has 2 N–H and O–H groups in total. The van der Waals surface area contributed by atoms with Crippen LogP contribution < -0.4 is 0 Å². The molecule has 0 radical (unpaired) electrons. The van der Waals surface area contributed by atoms with Crippen molar-refractivity contribution in [2.45, 2.75) is 72.3 Å². The van der Waals surface area contributed by atoms with Crippen LogP contribution in [0, 0.1) is 28.6 Å². The van der Waals surface area contributed by atoms with Gasteiger partial charge in [-0.3, -0.25) is 4.79 Å². The number of aliphatic hydroxyl groups excluding tert-OH is 2. The fourth-order valence-electron chi connectivity index (χ4n) is 6.04. The summed E-state index contributed by atoms with van der Waals surface area (Å²) in [6, 6.07) is 0.